The number of fused-ring (bicyclic) bond motifs is 1. The molecular weight excluding hydrogens is 244 g/mol. The molecule has 3 aromatic heterocycles. The van der Waals surface area contributed by atoms with Crippen molar-refractivity contribution in [3.8, 4) is 0 Å². The van der Waals surface area contributed by atoms with Gasteiger partial charge in [0.2, 0.25) is 5.95 Å². The predicted octanol–water partition coefficient (Wildman–Crippen LogP) is 1.32. The molecule has 1 amide bonds. The second-order valence-electron chi connectivity index (χ2n) is 4.27. The highest BCUT2D eigenvalue weighted by molar-refractivity contribution is 6.03. The number of nitrogens with zero attached hydrogens (tertiary/aromatic N) is 4. The number of carbonyl (C=O) groups is 1. The van der Waals surface area contributed by atoms with E-state index in [2.05, 4.69) is 25.5 Å². The lowest BCUT2D eigenvalue weighted by Gasteiger charge is -2.03. The molecule has 0 fully saturated rings. The van der Waals surface area contributed by atoms with Crippen LogP contribution in [0.25, 0.3) is 5.65 Å². The Morgan fingerprint density at radius 3 is 3.00 bits per heavy atom. The normalized spacial score (nSPS) is 10.8. The zero-order valence-electron chi connectivity index (χ0n) is 10.5. The number of anilines is 1. The average Bonchev–Trinajstić information content (AvgIpc) is 2.95. The predicted molar refractivity (Wildman–Crippen MR) is 69.0 cm³/mol. The quantitative estimate of drug-likeness (QED) is 0.723. The summed E-state index contributed by atoms with van der Waals surface area (Å²) in [5.41, 5.74) is 3.01. The van der Waals surface area contributed by atoms with Gasteiger partial charge in [-0.05, 0) is 31.5 Å². The van der Waals surface area contributed by atoms with Crippen LogP contribution >= 0.6 is 0 Å². The van der Waals surface area contributed by atoms with E-state index >= 15 is 0 Å². The van der Waals surface area contributed by atoms with Crippen molar-refractivity contribution >= 4 is 17.5 Å². The van der Waals surface area contributed by atoms with Gasteiger partial charge < -0.3 is 0 Å². The summed E-state index contributed by atoms with van der Waals surface area (Å²) in [6.07, 6.45) is 3.17. The van der Waals surface area contributed by atoms with Gasteiger partial charge >= 0.3 is 0 Å². The number of aromatic nitrogens is 5. The van der Waals surface area contributed by atoms with Crippen LogP contribution in [0.5, 0.6) is 0 Å². The monoisotopic (exact) mass is 256 g/mol. The summed E-state index contributed by atoms with van der Waals surface area (Å²) in [6, 6.07) is 3.86. The number of nitrogens with one attached hydrogen (secondary N) is 2. The third kappa shape index (κ3) is 1.95. The summed E-state index contributed by atoms with van der Waals surface area (Å²) in [5.74, 6) is 0.0389. The zero-order valence-corrected chi connectivity index (χ0v) is 10.5. The van der Waals surface area contributed by atoms with Gasteiger partial charge in [0, 0.05) is 6.20 Å². The molecule has 0 radical (unpaired) electrons. The number of amides is 1. The highest BCUT2D eigenvalue weighted by Gasteiger charge is 2.17. The van der Waals surface area contributed by atoms with Crippen molar-refractivity contribution in [1.29, 1.82) is 0 Å². The van der Waals surface area contributed by atoms with E-state index in [4.69, 9.17) is 0 Å². The van der Waals surface area contributed by atoms with Crippen LogP contribution < -0.4 is 5.32 Å². The van der Waals surface area contributed by atoms with Gasteiger partial charge in [0.25, 0.3) is 5.91 Å². The molecule has 7 nitrogen and oxygen atoms in total. The van der Waals surface area contributed by atoms with Crippen molar-refractivity contribution in [3.63, 3.8) is 0 Å². The number of aromatic amines is 1. The first kappa shape index (κ1) is 11.4. The molecule has 0 aromatic carbocycles. The van der Waals surface area contributed by atoms with Crippen LogP contribution in [0, 0.1) is 13.8 Å². The molecule has 2 N–H and O–H groups in total. The van der Waals surface area contributed by atoms with Gasteiger partial charge in [-0.25, -0.2) is 10.1 Å². The van der Waals surface area contributed by atoms with Gasteiger partial charge in [-0.2, -0.15) is 10.1 Å². The molecular formula is C12H12N6O. The maximum atomic E-state index is 12.2. The number of pyridine rings is 1. The van der Waals surface area contributed by atoms with Crippen molar-refractivity contribution in [2.75, 3.05) is 5.32 Å². The van der Waals surface area contributed by atoms with E-state index in [1.54, 1.807) is 11.3 Å². The molecule has 0 spiro atoms. The molecule has 3 rings (SSSR count). The number of imidazole rings is 1. The fourth-order valence-corrected chi connectivity index (χ4v) is 1.97. The fraction of sp³-hybridized carbons (Fsp3) is 0.167. The second kappa shape index (κ2) is 4.20. The van der Waals surface area contributed by atoms with Gasteiger partial charge in [0.1, 0.15) is 17.7 Å². The third-order valence-electron chi connectivity index (χ3n) is 2.82. The molecule has 3 heterocycles. The largest absolute Gasteiger partial charge is 0.295 e. The summed E-state index contributed by atoms with van der Waals surface area (Å²) in [7, 11) is 0. The van der Waals surface area contributed by atoms with Crippen molar-refractivity contribution < 1.29 is 4.79 Å². The van der Waals surface area contributed by atoms with Crippen LogP contribution in [-0.4, -0.2) is 30.5 Å². The first-order chi connectivity index (χ1) is 9.15. The van der Waals surface area contributed by atoms with Crippen molar-refractivity contribution in [2.24, 2.45) is 0 Å². The number of hydrogen-bond acceptors (Lipinski definition) is 4. The minimum atomic E-state index is -0.273. The van der Waals surface area contributed by atoms with Crippen molar-refractivity contribution in [2.45, 2.75) is 13.8 Å². The van der Waals surface area contributed by atoms with Gasteiger partial charge in [-0.1, -0.05) is 0 Å². The lowest BCUT2D eigenvalue weighted by atomic mass is 10.3. The SMILES string of the molecule is Cc1ccn2c(C(=O)Nc3ncn[nH]3)c(C)nc2c1. The van der Waals surface area contributed by atoms with Gasteiger partial charge in [-0.3, -0.25) is 14.5 Å². The smallest absolute Gasteiger partial charge is 0.276 e. The van der Waals surface area contributed by atoms with E-state index in [-0.39, 0.29) is 5.91 Å². The molecule has 0 saturated carbocycles. The van der Waals surface area contributed by atoms with Crippen molar-refractivity contribution in [1.82, 2.24) is 24.6 Å². The first-order valence-electron chi connectivity index (χ1n) is 5.77. The molecule has 0 aliphatic carbocycles. The van der Waals surface area contributed by atoms with Crippen LogP contribution in [0.15, 0.2) is 24.7 Å². The van der Waals surface area contributed by atoms with Crippen LogP contribution in [0.4, 0.5) is 5.95 Å². The van der Waals surface area contributed by atoms with Crippen LogP contribution in [-0.2, 0) is 0 Å². The molecule has 0 atom stereocenters. The summed E-state index contributed by atoms with van der Waals surface area (Å²) in [5, 5.41) is 8.91. The Morgan fingerprint density at radius 1 is 1.42 bits per heavy atom. The van der Waals surface area contributed by atoms with E-state index in [0.29, 0.717) is 17.3 Å². The summed E-state index contributed by atoms with van der Waals surface area (Å²) in [6.45, 7) is 3.79. The minimum Gasteiger partial charge on any atom is -0.295 e. The number of carbonyl (C=O) groups excluding carboxylic acids is 1. The Balaban J connectivity index is 2.04. The molecule has 0 aliphatic rings. The minimum absolute atomic E-state index is 0.273. The Bertz CT molecular complexity index is 743. The van der Waals surface area contributed by atoms with Crippen molar-refractivity contribution in [3.05, 3.63) is 41.6 Å². The Morgan fingerprint density at radius 2 is 2.26 bits per heavy atom. The van der Waals surface area contributed by atoms with Crippen LogP contribution in [0.1, 0.15) is 21.7 Å². The average molecular weight is 256 g/mol. The van der Waals surface area contributed by atoms with Crippen LogP contribution in [0.3, 0.4) is 0 Å². The van der Waals surface area contributed by atoms with E-state index in [0.717, 1.165) is 11.2 Å². The van der Waals surface area contributed by atoms with Gasteiger partial charge in [-0.15, -0.1) is 0 Å². The summed E-state index contributed by atoms with van der Waals surface area (Å²) >= 11 is 0. The highest BCUT2D eigenvalue weighted by Crippen LogP contribution is 2.14. The Hall–Kier alpha value is -2.70. The molecule has 3 aromatic rings. The molecule has 19 heavy (non-hydrogen) atoms. The maximum absolute atomic E-state index is 12.2. The highest BCUT2D eigenvalue weighted by atomic mass is 16.2. The second-order valence-corrected chi connectivity index (χ2v) is 4.27. The number of H-pyrrole nitrogens is 1. The summed E-state index contributed by atoms with van der Waals surface area (Å²) in [4.78, 5) is 20.5. The Labute approximate surface area is 108 Å². The fourth-order valence-electron chi connectivity index (χ4n) is 1.97. The zero-order chi connectivity index (χ0) is 13.4. The molecule has 0 aliphatic heterocycles. The van der Waals surface area contributed by atoms with E-state index in [1.807, 2.05) is 25.3 Å². The first-order valence-corrected chi connectivity index (χ1v) is 5.77. The lowest BCUT2D eigenvalue weighted by Crippen LogP contribution is -2.16. The molecule has 0 unspecified atom stereocenters. The number of rotatable bonds is 2. The standard InChI is InChI=1S/C12H12N6O/c1-7-3-4-18-9(5-7)15-8(2)10(18)11(19)16-12-13-6-14-17-12/h3-6H,1-2H3,(H2,13,14,16,17,19). The molecule has 96 valence electrons. The van der Waals surface area contributed by atoms with E-state index in [1.165, 1.54) is 6.33 Å². The third-order valence-corrected chi connectivity index (χ3v) is 2.82. The van der Waals surface area contributed by atoms with E-state index < -0.39 is 0 Å². The molecule has 0 bridgehead atoms. The molecule has 0 saturated heterocycles. The molecule has 7 heteroatoms. The topological polar surface area (TPSA) is 88.0 Å². The Kier molecular flexibility index (Phi) is 2.52. The lowest BCUT2D eigenvalue weighted by molar-refractivity contribution is 0.102. The van der Waals surface area contributed by atoms with Gasteiger partial charge in [0.05, 0.1) is 5.69 Å². The van der Waals surface area contributed by atoms with Gasteiger partial charge in [0.15, 0.2) is 0 Å². The number of aryl methyl sites for hydroxylation is 2. The van der Waals surface area contributed by atoms with E-state index in [9.17, 15) is 4.79 Å². The summed E-state index contributed by atoms with van der Waals surface area (Å²) < 4.78 is 1.76. The maximum Gasteiger partial charge on any atom is 0.276 e. The van der Waals surface area contributed by atoms with Crippen LogP contribution in [0.2, 0.25) is 0 Å². The number of hydrogen-bond donors (Lipinski definition) is 2.